The predicted octanol–water partition coefficient (Wildman–Crippen LogP) is 2.13. The molecular formula is C16H21N5O3. The van der Waals surface area contributed by atoms with Gasteiger partial charge < -0.3 is 14.8 Å². The molecule has 0 bridgehead atoms. The third-order valence-electron chi connectivity index (χ3n) is 3.57. The molecule has 0 unspecified atom stereocenters. The quantitative estimate of drug-likeness (QED) is 0.896. The number of para-hydroxylation sites is 2. The standard InChI is InChI=1S/C16H21N5O3/c1-10(2)21-11(3)18-15(20-21)19-16(22)17-8-12-9-23-13-6-4-5-7-14(13)24-12/h4-7,10,12H,8-9H2,1-3H3,(H2,17,19,20,22)/t12-/m0/s1. The predicted molar refractivity (Wildman–Crippen MR) is 88.5 cm³/mol. The number of hydrogen-bond acceptors (Lipinski definition) is 5. The molecule has 0 saturated heterocycles. The monoisotopic (exact) mass is 331 g/mol. The van der Waals surface area contributed by atoms with Gasteiger partial charge in [-0.2, -0.15) is 4.98 Å². The number of hydrogen-bond donors (Lipinski definition) is 2. The number of carbonyl (C=O) groups excluding carboxylic acids is 1. The van der Waals surface area contributed by atoms with E-state index in [4.69, 9.17) is 9.47 Å². The lowest BCUT2D eigenvalue weighted by atomic mass is 10.2. The highest BCUT2D eigenvalue weighted by molar-refractivity contribution is 5.87. The zero-order valence-electron chi connectivity index (χ0n) is 13.9. The van der Waals surface area contributed by atoms with Crippen LogP contribution in [0.2, 0.25) is 0 Å². The number of rotatable bonds is 4. The number of fused-ring (bicyclic) bond motifs is 1. The van der Waals surface area contributed by atoms with Gasteiger partial charge >= 0.3 is 6.03 Å². The summed E-state index contributed by atoms with van der Waals surface area (Å²) < 4.78 is 13.1. The molecule has 2 amide bonds. The van der Waals surface area contributed by atoms with Crippen molar-refractivity contribution in [1.82, 2.24) is 20.1 Å². The molecule has 0 saturated carbocycles. The number of aromatic nitrogens is 3. The molecule has 2 heterocycles. The normalized spacial score (nSPS) is 16.1. The van der Waals surface area contributed by atoms with Crippen molar-refractivity contribution in [1.29, 1.82) is 0 Å². The van der Waals surface area contributed by atoms with E-state index in [1.807, 2.05) is 45.0 Å². The number of aryl methyl sites for hydroxylation is 1. The highest BCUT2D eigenvalue weighted by Crippen LogP contribution is 2.30. The lowest BCUT2D eigenvalue weighted by Crippen LogP contribution is -2.42. The molecule has 128 valence electrons. The number of anilines is 1. The van der Waals surface area contributed by atoms with Crippen molar-refractivity contribution in [3.63, 3.8) is 0 Å². The molecule has 1 aliphatic rings. The summed E-state index contributed by atoms with van der Waals surface area (Å²) in [4.78, 5) is 16.2. The molecule has 0 aliphatic carbocycles. The third-order valence-corrected chi connectivity index (χ3v) is 3.57. The molecule has 0 fully saturated rings. The lowest BCUT2D eigenvalue weighted by Gasteiger charge is -2.26. The second-order valence-corrected chi connectivity index (χ2v) is 5.85. The number of nitrogens with one attached hydrogen (secondary N) is 2. The van der Waals surface area contributed by atoms with E-state index in [9.17, 15) is 4.79 Å². The van der Waals surface area contributed by atoms with Crippen molar-refractivity contribution in [2.75, 3.05) is 18.5 Å². The van der Waals surface area contributed by atoms with E-state index in [1.165, 1.54) is 0 Å². The van der Waals surface area contributed by atoms with Crippen LogP contribution in [-0.4, -0.2) is 40.1 Å². The second-order valence-electron chi connectivity index (χ2n) is 5.85. The first-order valence-electron chi connectivity index (χ1n) is 7.89. The number of benzene rings is 1. The van der Waals surface area contributed by atoms with Crippen LogP contribution < -0.4 is 20.1 Å². The minimum atomic E-state index is -0.377. The summed E-state index contributed by atoms with van der Waals surface area (Å²) in [5.41, 5.74) is 0. The van der Waals surface area contributed by atoms with E-state index >= 15 is 0 Å². The first-order valence-corrected chi connectivity index (χ1v) is 7.89. The van der Waals surface area contributed by atoms with Gasteiger partial charge in [-0.15, -0.1) is 5.10 Å². The average molecular weight is 331 g/mol. The van der Waals surface area contributed by atoms with E-state index in [-0.39, 0.29) is 24.1 Å². The fraction of sp³-hybridized carbons (Fsp3) is 0.438. The summed E-state index contributed by atoms with van der Waals surface area (Å²) in [5.74, 6) is 2.44. The topological polar surface area (TPSA) is 90.3 Å². The minimum absolute atomic E-state index is 0.184. The Morgan fingerprint density at radius 1 is 1.38 bits per heavy atom. The second kappa shape index (κ2) is 6.77. The molecule has 1 atom stereocenters. The van der Waals surface area contributed by atoms with Crippen LogP contribution in [-0.2, 0) is 0 Å². The highest BCUT2D eigenvalue weighted by Gasteiger charge is 2.21. The summed E-state index contributed by atoms with van der Waals surface area (Å²) in [6, 6.07) is 7.27. The number of carbonyl (C=O) groups is 1. The molecule has 2 aromatic rings. The van der Waals surface area contributed by atoms with E-state index in [1.54, 1.807) is 4.68 Å². The fourth-order valence-electron chi connectivity index (χ4n) is 2.46. The Hall–Kier alpha value is -2.77. The molecule has 1 aromatic heterocycles. The van der Waals surface area contributed by atoms with Crippen molar-refractivity contribution in [2.24, 2.45) is 0 Å². The smallest absolute Gasteiger partial charge is 0.321 e. The first kappa shape index (κ1) is 16.1. The summed E-state index contributed by atoms with van der Waals surface area (Å²) in [6.07, 6.45) is -0.242. The number of ether oxygens (including phenoxy) is 2. The van der Waals surface area contributed by atoms with E-state index in [0.29, 0.717) is 18.9 Å². The van der Waals surface area contributed by atoms with Crippen LogP contribution in [0, 0.1) is 6.92 Å². The van der Waals surface area contributed by atoms with Crippen LogP contribution in [0.4, 0.5) is 10.7 Å². The van der Waals surface area contributed by atoms with Crippen LogP contribution in [0.3, 0.4) is 0 Å². The van der Waals surface area contributed by atoms with Gasteiger partial charge in [0.1, 0.15) is 12.4 Å². The van der Waals surface area contributed by atoms with Gasteiger partial charge in [0.15, 0.2) is 17.6 Å². The van der Waals surface area contributed by atoms with Crippen molar-refractivity contribution in [2.45, 2.75) is 32.9 Å². The Kier molecular flexibility index (Phi) is 4.54. The summed E-state index contributed by atoms with van der Waals surface area (Å²) in [6.45, 7) is 6.56. The molecule has 3 rings (SSSR count). The summed E-state index contributed by atoms with van der Waals surface area (Å²) in [7, 11) is 0. The van der Waals surface area contributed by atoms with Crippen molar-refractivity contribution >= 4 is 12.0 Å². The van der Waals surface area contributed by atoms with E-state index in [2.05, 4.69) is 20.7 Å². The molecule has 8 nitrogen and oxygen atoms in total. The van der Waals surface area contributed by atoms with Gasteiger partial charge in [0.25, 0.3) is 0 Å². The first-order chi connectivity index (χ1) is 11.5. The van der Waals surface area contributed by atoms with Gasteiger partial charge in [0, 0.05) is 6.04 Å². The van der Waals surface area contributed by atoms with Crippen LogP contribution in [0.5, 0.6) is 11.5 Å². The molecule has 0 radical (unpaired) electrons. The number of nitrogens with zero attached hydrogens (tertiary/aromatic N) is 3. The van der Waals surface area contributed by atoms with Gasteiger partial charge in [-0.1, -0.05) is 12.1 Å². The van der Waals surface area contributed by atoms with Gasteiger partial charge in [-0.3, -0.25) is 5.32 Å². The zero-order valence-corrected chi connectivity index (χ0v) is 13.9. The summed E-state index contributed by atoms with van der Waals surface area (Å²) in [5, 5.41) is 9.62. The Bertz CT molecular complexity index is 728. The molecule has 0 spiro atoms. The SMILES string of the molecule is Cc1nc(NC(=O)NC[C@H]2COc3ccccc3O2)nn1C(C)C. The molecule has 1 aromatic carbocycles. The molecule has 1 aliphatic heterocycles. The largest absolute Gasteiger partial charge is 0.486 e. The summed E-state index contributed by atoms with van der Waals surface area (Å²) >= 11 is 0. The van der Waals surface area contributed by atoms with E-state index in [0.717, 1.165) is 11.6 Å². The van der Waals surface area contributed by atoms with Gasteiger partial charge in [0.05, 0.1) is 6.54 Å². The Morgan fingerprint density at radius 3 is 2.83 bits per heavy atom. The van der Waals surface area contributed by atoms with Gasteiger partial charge in [-0.25, -0.2) is 9.48 Å². The van der Waals surface area contributed by atoms with Crippen LogP contribution in [0.25, 0.3) is 0 Å². The van der Waals surface area contributed by atoms with Crippen molar-refractivity contribution in [3.05, 3.63) is 30.1 Å². The van der Waals surface area contributed by atoms with Crippen LogP contribution in [0.15, 0.2) is 24.3 Å². The maximum absolute atomic E-state index is 12.0. The number of amides is 2. The van der Waals surface area contributed by atoms with Gasteiger partial charge in [0.2, 0.25) is 5.95 Å². The van der Waals surface area contributed by atoms with Crippen molar-refractivity contribution in [3.8, 4) is 11.5 Å². The Balaban J connectivity index is 1.51. The molecular weight excluding hydrogens is 310 g/mol. The molecule has 8 heteroatoms. The minimum Gasteiger partial charge on any atom is -0.486 e. The van der Waals surface area contributed by atoms with Gasteiger partial charge in [-0.05, 0) is 32.9 Å². The maximum Gasteiger partial charge on any atom is 0.321 e. The molecule has 2 N–H and O–H groups in total. The highest BCUT2D eigenvalue weighted by atomic mass is 16.6. The maximum atomic E-state index is 12.0. The Morgan fingerprint density at radius 2 is 2.12 bits per heavy atom. The fourth-order valence-corrected chi connectivity index (χ4v) is 2.46. The van der Waals surface area contributed by atoms with Crippen LogP contribution in [0.1, 0.15) is 25.7 Å². The zero-order chi connectivity index (χ0) is 17.1. The van der Waals surface area contributed by atoms with E-state index < -0.39 is 0 Å². The molecule has 24 heavy (non-hydrogen) atoms. The Labute approximate surface area is 140 Å². The van der Waals surface area contributed by atoms with Crippen molar-refractivity contribution < 1.29 is 14.3 Å². The average Bonchev–Trinajstić information content (AvgIpc) is 2.93. The lowest BCUT2D eigenvalue weighted by molar-refractivity contribution is 0.0922. The third kappa shape index (κ3) is 3.58. The number of urea groups is 1. The van der Waals surface area contributed by atoms with Crippen LogP contribution >= 0.6 is 0 Å².